The van der Waals surface area contributed by atoms with Crippen LogP contribution in [0.1, 0.15) is 16.7 Å². The molecule has 0 aliphatic heterocycles. The molecule has 0 saturated heterocycles. The third-order valence-electron chi connectivity index (χ3n) is 5.90. The van der Waals surface area contributed by atoms with Crippen LogP contribution >= 0.6 is 0 Å². The minimum Gasteiger partial charge on any atom is -0.366 e. The van der Waals surface area contributed by atoms with Crippen molar-refractivity contribution in [3.8, 4) is 11.1 Å². The van der Waals surface area contributed by atoms with Gasteiger partial charge >= 0.3 is 0 Å². The quantitative estimate of drug-likeness (QED) is 0.250. The highest BCUT2D eigenvalue weighted by Crippen LogP contribution is 2.25. The largest absolute Gasteiger partial charge is 0.366 e. The Hall–Kier alpha value is -4.69. The van der Waals surface area contributed by atoms with Crippen LogP contribution in [-0.2, 0) is 20.6 Å². The molecule has 0 spiro atoms. The van der Waals surface area contributed by atoms with Gasteiger partial charge in [0.25, 0.3) is 0 Å². The van der Waals surface area contributed by atoms with E-state index in [-0.39, 0.29) is 11.6 Å². The number of aromatic amines is 1. The van der Waals surface area contributed by atoms with Gasteiger partial charge in [-0.2, -0.15) is 0 Å². The molecule has 184 valence electrons. The molecular weight excluding hydrogens is 484 g/mol. The summed E-state index contributed by atoms with van der Waals surface area (Å²) < 4.78 is 28.2. The van der Waals surface area contributed by atoms with Crippen LogP contribution in [0, 0.1) is 0 Å². The van der Waals surface area contributed by atoms with Crippen molar-refractivity contribution >= 4 is 44.4 Å². The number of rotatable bonds is 8. The molecule has 0 radical (unpaired) electrons. The van der Waals surface area contributed by atoms with E-state index in [9.17, 15) is 13.2 Å². The summed E-state index contributed by atoms with van der Waals surface area (Å²) in [4.78, 5) is 19.5. The molecular formula is C29H24N4O3S. The highest BCUT2D eigenvalue weighted by atomic mass is 32.2. The highest BCUT2D eigenvalue weighted by molar-refractivity contribution is 7.91. The first-order chi connectivity index (χ1) is 17.9. The van der Waals surface area contributed by atoms with Crippen LogP contribution in [0.25, 0.3) is 33.8 Å². The summed E-state index contributed by atoms with van der Waals surface area (Å²) in [7, 11) is -3.69. The Morgan fingerprint density at radius 3 is 2.19 bits per heavy atom. The second-order valence-electron chi connectivity index (χ2n) is 8.55. The number of hydrogen-bond donors (Lipinski definition) is 3. The molecule has 3 aromatic carbocycles. The van der Waals surface area contributed by atoms with Crippen molar-refractivity contribution < 1.29 is 13.2 Å². The zero-order valence-electron chi connectivity index (χ0n) is 19.8. The maximum Gasteiger partial charge on any atom is 0.249 e. The van der Waals surface area contributed by atoms with Crippen LogP contribution < -0.4 is 10.5 Å². The van der Waals surface area contributed by atoms with Gasteiger partial charge in [-0.25, -0.2) is 13.4 Å². The second-order valence-corrected chi connectivity index (χ2v) is 10.3. The topological polar surface area (TPSA) is 118 Å². The van der Waals surface area contributed by atoms with Crippen LogP contribution in [0.2, 0.25) is 0 Å². The lowest BCUT2D eigenvalue weighted by Gasteiger charge is -2.09. The van der Waals surface area contributed by atoms with E-state index in [1.54, 1.807) is 24.4 Å². The van der Waals surface area contributed by atoms with Gasteiger partial charge < -0.3 is 10.7 Å². The molecule has 0 aliphatic rings. The predicted molar refractivity (Wildman–Crippen MR) is 148 cm³/mol. The molecule has 8 heteroatoms. The van der Waals surface area contributed by atoms with E-state index in [1.165, 1.54) is 0 Å². The fourth-order valence-electron chi connectivity index (χ4n) is 4.11. The summed E-state index contributed by atoms with van der Waals surface area (Å²) in [5.74, 6) is -0.529. The minimum atomic E-state index is -3.69. The standard InChI is InChI=1S/C29H24N4O3S/c30-28(34)26(23-9-5-2-6-10-23)17-24-18-31-29-25(24)15-16-27(32-29)33-37(35,36)19-20-11-13-22(14-12-20)21-7-3-1-4-8-21/h1-18H,19H2,(H2,30,34)(H2,31,32,33). The van der Waals surface area contributed by atoms with Gasteiger partial charge in [0, 0.05) is 22.7 Å². The van der Waals surface area contributed by atoms with Gasteiger partial charge in [0.15, 0.2) is 0 Å². The lowest BCUT2D eigenvalue weighted by atomic mass is 10.0. The first-order valence-electron chi connectivity index (χ1n) is 11.6. The normalized spacial score (nSPS) is 11.9. The number of pyridine rings is 1. The summed E-state index contributed by atoms with van der Waals surface area (Å²) in [6, 6.07) is 29.8. The molecule has 2 aromatic heterocycles. The third-order valence-corrected chi connectivity index (χ3v) is 7.13. The van der Waals surface area contributed by atoms with E-state index < -0.39 is 15.9 Å². The van der Waals surface area contributed by atoms with Crippen molar-refractivity contribution in [3.05, 3.63) is 120 Å². The summed E-state index contributed by atoms with van der Waals surface area (Å²) in [5, 5.41) is 0.731. The van der Waals surface area contributed by atoms with Gasteiger partial charge in [-0.05, 0) is 40.5 Å². The number of benzene rings is 3. The summed E-state index contributed by atoms with van der Waals surface area (Å²) in [6.45, 7) is 0. The molecule has 5 aromatic rings. The number of nitrogens with one attached hydrogen (secondary N) is 2. The Kier molecular flexibility index (Phi) is 6.57. The number of carbonyl (C=O) groups is 1. The maximum atomic E-state index is 12.8. The Bertz CT molecular complexity index is 1690. The summed E-state index contributed by atoms with van der Waals surface area (Å²) in [6.07, 6.45) is 3.40. The zero-order valence-corrected chi connectivity index (χ0v) is 20.6. The monoisotopic (exact) mass is 508 g/mol. The third kappa shape index (κ3) is 5.60. The van der Waals surface area contributed by atoms with E-state index in [4.69, 9.17) is 5.73 Å². The predicted octanol–water partition coefficient (Wildman–Crippen LogP) is 5.20. The van der Waals surface area contributed by atoms with Crippen molar-refractivity contribution in [2.45, 2.75) is 5.75 Å². The van der Waals surface area contributed by atoms with Gasteiger partial charge in [0.05, 0.1) is 5.75 Å². The smallest absolute Gasteiger partial charge is 0.249 e. The molecule has 4 N–H and O–H groups in total. The van der Waals surface area contributed by atoms with Crippen LogP contribution in [0.5, 0.6) is 0 Å². The molecule has 0 fully saturated rings. The number of fused-ring (bicyclic) bond motifs is 1. The molecule has 7 nitrogen and oxygen atoms in total. The molecule has 0 unspecified atom stereocenters. The number of amides is 1. The first kappa shape index (κ1) is 24.0. The van der Waals surface area contributed by atoms with Crippen LogP contribution in [0.4, 0.5) is 5.82 Å². The van der Waals surface area contributed by atoms with E-state index in [2.05, 4.69) is 14.7 Å². The molecule has 0 bridgehead atoms. The van der Waals surface area contributed by atoms with Crippen molar-refractivity contribution in [2.75, 3.05) is 4.72 Å². The van der Waals surface area contributed by atoms with Crippen molar-refractivity contribution in [3.63, 3.8) is 0 Å². The lowest BCUT2D eigenvalue weighted by Crippen LogP contribution is -2.16. The summed E-state index contributed by atoms with van der Waals surface area (Å²) in [5.41, 5.74) is 10.6. The van der Waals surface area contributed by atoms with Gasteiger partial charge in [0.1, 0.15) is 11.5 Å². The van der Waals surface area contributed by atoms with Crippen LogP contribution in [-0.4, -0.2) is 24.3 Å². The number of nitrogens with zero attached hydrogens (tertiary/aromatic N) is 1. The van der Waals surface area contributed by atoms with Crippen LogP contribution in [0.3, 0.4) is 0 Å². The van der Waals surface area contributed by atoms with Crippen molar-refractivity contribution in [1.82, 2.24) is 9.97 Å². The minimum absolute atomic E-state index is 0.181. The molecule has 2 heterocycles. The van der Waals surface area contributed by atoms with Gasteiger partial charge in [0.2, 0.25) is 15.9 Å². The molecule has 0 aliphatic carbocycles. The maximum absolute atomic E-state index is 12.8. The highest BCUT2D eigenvalue weighted by Gasteiger charge is 2.15. The molecule has 0 saturated carbocycles. The number of anilines is 1. The number of hydrogen-bond acceptors (Lipinski definition) is 4. The van der Waals surface area contributed by atoms with Gasteiger partial charge in [-0.3, -0.25) is 9.52 Å². The number of sulfonamides is 1. The van der Waals surface area contributed by atoms with Crippen molar-refractivity contribution in [1.29, 1.82) is 0 Å². The lowest BCUT2D eigenvalue weighted by molar-refractivity contribution is -0.112. The van der Waals surface area contributed by atoms with E-state index >= 15 is 0 Å². The number of primary amides is 1. The van der Waals surface area contributed by atoms with Gasteiger partial charge in [-0.1, -0.05) is 84.9 Å². The average molecular weight is 509 g/mol. The number of aromatic nitrogens is 2. The number of nitrogens with two attached hydrogens (primary N) is 1. The zero-order chi connectivity index (χ0) is 25.8. The van der Waals surface area contributed by atoms with E-state index in [0.717, 1.165) is 16.5 Å². The van der Waals surface area contributed by atoms with Gasteiger partial charge in [-0.15, -0.1) is 0 Å². The second kappa shape index (κ2) is 10.1. The molecule has 0 atom stereocenters. The molecule has 1 amide bonds. The Morgan fingerprint density at radius 1 is 0.865 bits per heavy atom. The number of carbonyl (C=O) groups excluding carboxylic acids is 1. The first-order valence-corrected chi connectivity index (χ1v) is 13.2. The van der Waals surface area contributed by atoms with E-state index in [0.29, 0.717) is 27.9 Å². The Morgan fingerprint density at radius 2 is 1.51 bits per heavy atom. The van der Waals surface area contributed by atoms with Crippen LogP contribution in [0.15, 0.2) is 103 Å². The molecule has 37 heavy (non-hydrogen) atoms. The Labute approximate surface area is 214 Å². The Balaban J connectivity index is 1.34. The molecule has 5 rings (SSSR count). The van der Waals surface area contributed by atoms with E-state index in [1.807, 2.05) is 84.9 Å². The SMILES string of the molecule is NC(=O)C(=Cc1c[nH]c2nc(NS(=O)(=O)Cc3ccc(-c4ccccc4)cc3)ccc12)c1ccccc1. The fraction of sp³-hybridized carbons (Fsp3) is 0.0345. The summed E-state index contributed by atoms with van der Waals surface area (Å²) >= 11 is 0. The average Bonchev–Trinajstić information content (AvgIpc) is 3.30. The van der Waals surface area contributed by atoms with Crippen molar-refractivity contribution in [2.24, 2.45) is 5.73 Å². The number of H-pyrrole nitrogens is 1. The fourth-order valence-corrected chi connectivity index (χ4v) is 5.25.